The predicted molar refractivity (Wildman–Crippen MR) is 68.4 cm³/mol. The first-order chi connectivity index (χ1) is 8.26. The molecule has 2 rings (SSSR count). The van der Waals surface area contributed by atoms with E-state index in [4.69, 9.17) is 9.47 Å². The summed E-state index contributed by atoms with van der Waals surface area (Å²) < 4.78 is 10.6. The molecule has 17 heavy (non-hydrogen) atoms. The maximum absolute atomic E-state index is 5.43. The molecule has 0 unspecified atom stereocenters. The molecule has 0 bridgehead atoms. The molecule has 2 heteroatoms. The molecular weight excluding hydrogens is 212 g/mol. The third-order valence-electron chi connectivity index (χ3n) is 3.10. The lowest BCUT2D eigenvalue weighted by molar-refractivity contribution is 0.389. The quantitative estimate of drug-likeness (QED) is 0.789. The lowest BCUT2D eigenvalue weighted by Gasteiger charge is -2.21. The molecule has 89 valence electrons. The molecule has 1 saturated carbocycles. The van der Waals surface area contributed by atoms with Crippen molar-refractivity contribution < 1.29 is 9.47 Å². The highest BCUT2D eigenvalue weighted by atomic mass is 16.5. The van der Waals surface area contributed by atoms with Crippen LogP contribution in [0, 0.1) is 31.6 Å². The van der Waals surface area contributed by atoms with Crippen LogP contribution in [0.1, 0.15) is 18.4 Å². The van der Waals surface area contributed by atoms with Crippen LogP contribution in [0.3, 0.4) is 0 Å². The summed E-state index contributed by atoms with van der Waals surface area (Å²) in [6.07, 6.45) is 8.38. The highest BCUT2D eigenvalue weighted by molar-refractivity contribution is 5.49. The van der Waals surface area contributed by atoms with Gasteiger partial charge in [0, 0.05) is 6.07 Å². The summed E-state index contributed by atoms with van der Waals surface area (Å²) >= 11 is 0. The van der Waals surface area contributed by atoms with Gasteiger partial charge in [0.2, 0.25) is 0 Å². The third kappa shape index (κ3) is 2.56. The van der Waals surface area contributed by atoms with E-state index < -0.39 is 0 Å². The largest absolute Gasteiger partial charge is 0.497 e. The Bertz CT molecular complexity index is 367. The molecule has 1 fully saturated rings. The first-order valence-corrected chi connectivity index (χ1v) is 5.69. The van der Waals surface area contributed by atoms with Gasteiger partial charge in [-0.05, 0) is 49.1 Å². The molecular formula is C15H17O2. The minimum atomic E-state index is 0.325. The van der Waals surface area contributed by atoms with Crippen LogP contribution in [-0.4, -0.2) is 14.2 Å². The molecule has 0 saturated heterocycles. The Hall–Kier alpha value is -1.18. The molecule has 0 aliphatic heterocycles. The minimum Gasteiger partial charge on any atom is -0.497 e. The zero-order valence-electron chi connectivity index (χ0n) is 10.4. The van der Waals surface area contributed by atoms with Crippen LogP contribution in [0.15, 0.2) is 18.2 Å². The van der Waals surface area contributed by atoms with E-state index in [0.717, 1.165) is 11.5 Å². The summed E-state index contributed by atoms with van der Waals surface area (Å²) in [5.74, 6) is 3.32. The van der Waals surface area contributed by atoms with Gasteiger partial charge in [0.25, 0.3) is 0 Å². The first kappa shape index (κ1) is 12.3. The van der Waals surface area contributed by atoms with Crippen LogP contribution in [0.5, 0.6) is 11.5 Å². The highest BCUT2D eigenvalue weighted by Gasteiger charge is 2.26. The van der Waals surface area contributed by atoms with Gasteiger partial charge in [-0.2, -0.15) is 0 Å². The van der Waals surface area contributed by atoms with Crippen LogP contribution in [0.25, 0.3) is 0 Å². The van der Waals surface area contributed by atoms with Crippen molar-refractivity contribution in [3.63, 3.8) is 0 Å². The average molecular weight is 229 g/mol. The molecule has 2 nitrogen and oxygen atoms in total. The molecule has 0 heterocycles. The Kier molecular flexibility index (Phi) is 3.93. The second-order valence-electron chi connectivity index (χ2n) is 4.05. The first-order valence-electron chi connectivity index (χ1n) is 5.69. The lowest BCUT2D eigenvalue weighted by Crippen LogP contribution is -2.06. The predicted octanol–water partition coefficient (Wildman–Crippen LogP) is 3.21. The second-order valence-corrected chi connectivity index (χ2v) is 4.05. The fourth-order valence-corrected chi connectivity index (χ4v) is 2.03. The summed E-state index contributed by atoms with van der Waals surface area (Å²) in [5.41, 5.74) is 1.18. The van der Waals surface area contributed by atoms with Crippen molar-refractivity contribution in [2.45, 2.75) is 12.8 Å². The Morgan fingerprint density at radius 3 is 2.29 bits per heavy atom. The van der Waals surface area contributed by atoms with Gasteiger partial charge in [-0.15, -0.1) is 0 Å². The lowest BCUT2D eigenvalue weighted by atomic mass is 9.86. The van der Waals surface area contributed by atoms with E-state index in [-0.39, 0.29) is 0 Å². The molecule has 1 aromatic carbocycles. The maximum atomic E-state index is 5.43. The molecule has 0 N–H and O–H groups in total. The van der Waals surface area contributed by atoms with Crippen LogP contribution < -0.4 is 9.47 Å². The van der Waals surface area contributed by atoms with Crippen LogP contribution in [-0.2, 0) is 0 Å². The normalized spacial score (nSPS) is 18.1. The molecule has 0 spiro atoms. The van der Waals surface area contributed by atoms with Gasteiger partial charge in [-0.1, -0.05) is 13.0 Å². The Morgan fingerprint density at radius 1 is 1.00 bits per heavy atom. The molecule has 0 aromatic heterocycles. The van der Waals surface area contributed by atoms with Gasteiger partial charge in [0.15, 0.2) is 0 Å². The molecule has 0 amide bonds. The fourth-order valence-electron chi connectivity index (χ4n) is 2.03. The summed E-state index contributed by atoms with van der Waals surface area (Å²) in [7, 11) is 3.35. The van der Waals surface area contributed by atoms with Crippen molar-refractivity contribution in [1.29, 1.82) is 0 Å². The van der Waals surface area contributed by atoms with Crippen molar-refractivity contribution in [1.82, 2.24) is 0 Å². The molecule has 1 aliphatic carbocycles. The Morgan fingerprint density at radius 2 is 1.71 bits per heavy atom. The van der Waals surface area contributed by atoms with Crippen LogP contribution >= 0.6 is 0 Å². The summed E-state index contributed by atoms with van der Waals surface area (Å²) in [5, 5.41) is 0. The topological polar surface area (TPSA) is 18.5 Å². The summed E-state index contributed by atoms with van der Waals surface area (Å²) in [6.45, 7) is 2.18. The Labute approximate surface area is 104 Å². The number of benzene rings is 1. The average Bonchev–Trinajstić information content (AvgIpc) is 2.91. The van der Waals surface area contributed by atoms with Crippen molar-refractivity contribution in [3.05, 3.63) is 55.4 Å². The molecule has 5 radical (unpaired) electrons. The van der Waals surface area contributed by atoms with Crippen molar-refractivity contribution >= 4 is 0 Å². The van der Waals surface area contributed by atoms with Crippen molar-refractivity contribution in [3.8, 4) is 11.5 Å². The van der Waals surface area contributed by atoms with Gasteiger partial charge in [0.05, 0.1) is 14.2 Å². The SMILES string of the molecule is COc1ccc([C@@H](C)[C]2[CH][CH][CH][CH]2)c(OC)c1. The van der Waals surface area contributed by atoms with Gasteiger partial charge in [-0.25, -0.2) is 0 Å². The van der Waals surface area contributed by atoms with E-state index in [2.05, 4.69) is 38.7 Å². The molecule has 1 aromatic rings. The van der Waals surface area contributed by atoms with E-state index in [0.29, 0.717) is 5.92 Å². The van der Waals surface area contributed by atoms with Crippen LogP contribution in [0.2, 0.25) is 0 Å². The summed E-state index contributed by atoms with van der Waals surface area (Å²) in [4.78, 5) is 0. The number of ether oxygens (including phenoxy) is 2. The van der Waals surface area contributed by atoms with E-state index >= 15 is 0 Å². The second kappa shape index (κ2) is 5.44. The number of hydrogen-bond acceptors (Lipinski definition) is 2. The van der Waals surface area contributed by atoms with Crippen molar-refractivity contribution in [2.24, 2.45) is 0 Å². The monoisotopic (exact) mass is 229 g/mol. The third-order valence-corrected chi connectivity index (χ3v) is 3.10. The van der Waals surface area contributed by atoms with Gasteiger partial charge < -0.3 is 9.47 Å². The zero-order chi connectivity index (χ0) is 12.3. The van der Waals surface area contributed by atoms with Crippen LogP contribution in [0.4, 0.5) is 0 Å². The van der Waals surface area contributed by atoms with Crippen molar-refractivity contribution in [2.75, 3.05) is 14.2 Å². The van der Waals surface area contributed by atoms with E-state index in [1.807, 2.05) is 12.1 Å². The zero-order valence-corrected chi connectivity index (χ0v) is 10.4. The highest BCUT2D eigenvalue weighted by Crippen LogP contribution is 2.40. The van der Waals surface area contributed by atoms with Gasteiger partial charge >= 0.3 is 0 Å². The maximum Gasteiger partial charge on any atom is 0.126 e. The smallest absolute Gasteiger partial charge is 0.126 e. The van der Waals surface area contributed by atoms with E-state index in [9.17, 15) is 0 Å². The van der Waals surface area contributed by atoms with E-state index in [1.54, 1.807) is 14.2 Å². The minimum absolute atomic E-state index is 0.325. The number of rotatable bonds is 4. The van der Waals surface area contributed by atoms with Gasteiger partial charge in [-0.3, -0.25) is 0 Å². The van der Waals surface area contributed by atoms with Gasteiger partial charge in [0.1, 0.15) is 11.5 Å². The van der Waals surface area contributed by atoms with E-state index in [1.165, 1.54) is 11.5 Å². The molecule has 1 aliphatic rings. The summed E-state index contributed by atoms with van der Waals surface area (Å²) in [6, 6.07) is 5.96. The molecule has 1 atom stereocenters. The number of hydrogen-bond donors (Lipinski definition) is 0. The Balaban J connectivity index is 2.23. The number of methoxy groups -OCH3 is 2. The standard InChI is InChI=1S/C15H17O2/c1-11(12-6-4-5-7-12)14-9-8-13(16-2)10-15(14)17-3/h4-11H,1-3H3/t11-/m0/s1. The fraction of sp³-hybridized carbons (Fsp3) is 0.267.